The lowest BCUT2D eigenvalue weighted by Gasteiger charge is -2.08. The number of hydrogen-bond acceptors (Lipinski definition) is 0. The summed E-state index contributed by atoms with van der Waals surface area (Å²) in [7, 11) is 0. The average Bonchev–Trinajstić information content (AvgIpc) is 2.20. The van der Waals surface area contributed by atoms with E-state index in [1.165, 1.54) is 17.5 Å². The van der Waals surface area contributed by atoms with Crippen LogP contribution >= 0.6 is 0 Å². The van der Waals surface area contributed by atoms with Crippen molar-refractivity contribution in [2.75, 3.05) is 0 Å². The summed E-state index contributed by atoms with van der Waals surface area (Å²) in [4.78, 5) is 0. The first-order valence-corrected chi connectivity index (χ1v) is 6.18. The van der Waals surface area contributed by atoms with E-state index >= 15 is 0 Å². The van der Waals surface area contributed by atoms with E-state index in [9.17, 15) is 0 Å². The van der Waals surface area contributed by atoms with Gasteiger partial charge in [-0.05, 0) is 29.4 Å². The maximum absolute atomic E-state index is 2.26. The smallest absolute Gasteiger partial charge is 0.0219 e. The number of rotatable bonds is 3. The topological polar surface area (TPSA) is 0 Å². The van der Waals surface area contributed by atoms with E-state index in [1.54, 1.807) is 0 Å². The van der Waals surface area contributed by atoms with Crippen LogP contribution < -0.4 is 0 Å². The van der Waals surface area contributed by atoms with Crippen molar-refractivity contribution in [3.63, 3.8) is 0 Å². The molecule has 0 aliphatic rings. The average molecular weight is 206 g/mol. The van der Waals surface area contributed by atoms with E-state index in [0.717, 1.165) is 5.92 Å². The van der Waals surface area contributed by atoms with Gasteiger partial charge in [0.1, 0.15) is 0 Å². The summed E-state index contributed by atoms with van der Waals surface area (Å²) >= 11 is 0. The predicted octanol–water partition coefficient (Wildman–Crippen LogP) is 5.03. The Kier molecular flexibility index (Phi) is 7.11. The Morgan fingerprint density at radius 2 is 1.33 bits per heavy atom. The highest BCUT2D eigenvalue weighted by Crippen LogP contribution is 2.16. The van der Waals surface area contributed by atoms with Crippen LogP contribution in [-0.4, -0.2) is 0 Å². The van der Waals surface area contributed by atoms with Crippen LogP contribution in [-0.2, 0) is 6.42 Å². The van der Waals surface area contributed by atoms with Crippen LogP contribution in [0.1, 0.15) is 58.6 Å². The minimum Gasteiger partial charge on any atom is -0.0683 e. The molecule has 0 aromatic heterocycles. The standard InChI is InChI=1S/C13H20.C2H6/c1-10(2)9-12-5-7-13(8-6-12)11(3)4;1-2/h5-8,10-11H,9H2,1-4H3;1-2H3. The minimum absolute atomic E-state index is 0.646. The zero-order valence-corrected chi connectivity index (χ0v) is 11.2. The summed E-state index contributed by atoms with van der Waals surface area (Å²) in [6.07, 6.45) is 1.19. The molecule has 0 bridgehead atoms. The van der Waals surface area contributed by atoms with Crippen LogP contribution in [0.2, 0.25) is 0 Å². The summed E-state index contributed by atoms with van der Waals surface area (Å²) in [5.41, 5.74) is 2.90. The molecule has 1 rings (SSSR count). The fraction of sp³-hybridized carbons (Fsp3) is 0.600. The van der Waals surface area contributed by atoms with E-state index in [-0.39, 0.29) is 0 Å². The number of benzene rings is 1. The van der Waals surface area contributed by atoms with Gasteiger partial charge in [-0.2, -0.15) is 0 Å². The molecule has 86 valence electrons. The Hall–Kier alpha value is -0.780. The Bertz CT molecular complexity index is 241. The van der Waals surface area contributed by atoms with Crippen LogP contribution in [0.15, 0.2) is 24.3 Å². The first kappa shape index (κ1) is 14.2. The quantitative estimate of drug-likeness (QED) is 0.650. The molecule has 0 aliphatic heterocycles. The monoisotopic (exact) mass is 206 g/mol. The van der Waals surface area contributed by atoms with E-state index < -0.39 is 0 Å². The van der Waals surface area contributed by atoms with Crippen molar-refractivity contribution in [3.8, 4) is 0 Å². The van der Waals surface area contributed by atoms with Crippen LogP contribution in [0, 0.1) is 5.92 Å². The molecule has 0 amide bonds. The third-order valence-electron chi connectivity index (χ3n) is 2.29. The third kappa shape index (κ3) is 5.61. The highest BCUT2D eigenvalue weighted by atomic mass is 14.1. The molecule has 0 atom stereocenters. The van der Waals surface area contributed by atoms with Gasteiger partial charge in [0.15, 0.2) is 0 Å². The Balaban J connectivity index is 0.000000921. The van der Waals surface area contributed by atoms with Gasteiger partial charge < -0.3 is 0 Å². The van der Waals surface area contributed by atoms with Gasteiger partial charge in [0.25, 0.3) is 0 Å². The molecule has 0 saturated heterocycles. The fourth-order valence-electron chi connectivity index (χ4n) is 1.51. The lowest BCUT2D eigenvalue weighted by molar-refractivity contribution is 0.647. The molecule has 0 fully saturated rings. The zero-order chi connectivity index (χ0) is 11.8. The van der Waals surface area contributed by atoms with Gasteiger partial charge in [-0.25, -0.2) is 0 Å². The van der Waals surface area contributed by atoms with Gasteiger partial charge in [0, 0.05) is 0 Å². The summed E-state index contributed by atoms with van der Waals surface area (Å²) in [6.45, 7) is 13.0. The number of hydrogen-bond donors (Lipinski definition) is 0. The molecular weight excluding hydrogens is 180 g/mol. The molecule has 15 heavy (non-hydrogen) atoms. The highest BCUT2D eigenvalue weighted by Gasteiger charge is 2.00. The van der Waals surface area contributed by atoms with Gasteiger partial charge in [-0.3, -0.25) is 0 Å². The van der Waals surface area contributed by atoms with Crippen LogP contribution in [0.3, 0.4) is 0 Å². The maximum atomic E-state index is 2.26. The summed E-state index contributed by atoms with van der Waals surface area (Å²) in [5, 5.41) is 0. The molecule has 0 heterocycles. The molecule has 0 radical (unpaired) electrons. The lowest BCUT2D eigenvalue weighted by atomic mass is 9.98. The Morgan fingerprint density at radius 1 is 0.867 bits per heavy atom. The van der Waals surface area contributed by atoms with E-state index in [1.807, 2.05) is 13.8 Å². The van der Waals surface area contributed by atoms with Crippen molar-refractivity contribution in [2.24, 2.45) is 5.92 Å². The van der Waals surface area contributed by atoms with Crippen molar-refractivity contribution in [2.45, 2.75) is 53.9 Å². The minimum atomic E-state index is 0.646. The normalized spacial score (nSPS) is 10.1. The van der Waals surface area contributed by atoms with Crippen molar-refractivity contribution >= 4 is 0 Å². The van der Waals surface area contributed by atoms with Crippen molar-refractivity contribution in [3.05, 3.63) is 35.4 Å². The van der Waals surface area contributed by atoms with Crippen molar-refractivity contribution in [1.29, 1.82) is 0 Å². The second-order valence-electron chi connectivity index (χ2n) is 4.49. The molecular formula is C15H26. The first-order valence-electron chi connectivity index (χ1n) is 6.18. The van der Waals surface area contributed by atoms with Gasteiger partial charge in [-0.1, -0.05) is 65.8 Å². The van der Waals surface area contributed by atoms with E-state index in [4.69, 9.17) is 0 Å². The lowest BCUT2D eigenvalue weighted by Crippen LogP contribution is -1.94. The molecule has 0 aliphatic carbocycles. The summed E-state index contributed by atoms with van der Waals surface area (Å²) in [5.74, 6) is 1.40. The maximum Gasteiger partial charge on any atom is -0.0219 e. The van der Waals surface area contributed by atoms with Crippen molar-refractivity contribution < 1.29 is 0 Å². The molecule has 0 spiro atoms. The van der Waals surface area contributed by atoms with E-state index in [0.29, 0.717) is 5.92 Å². The molecule has 0 N–H and O–H groups in total. The fourth-order valence-corrected chi connectivity index (χ4v) is 1.51. The van der Waals surface area contributed by atoms with Gasteiger partial charge in [0.2, 0.25) is 0 Å². The van der Waals surface area contributed by atoms with Crippen LogP contribution in [0.5, 0.6) is 0 Å². The largest absolute Gasteiger partial charge is 0.0683 e. The van der Waals surface area contributed by atoms with Gasteiger partial charge >= 0.3 is 0 Å². The Labute approximate surface area is 95.7 Å². The molecule has 0 saturated carbocycles. The van der Waals surface area contributed by atoms with Gasteiger partial charge in [-0.15, -0.1) is 0 Å². The van der Waals surface area contributed by atoms with Gasteiger partial charge in [0.05, 0.1) is 0 Å². The predicted molar refractivity (Wildman–Crippen MR) is 70.4 cm³/mol. The molecule has 0 nitrogen and oxygen atoms in total. The SMILES string of the molecule is CC.CC(C)Cc1ccc(C(C)C)cc1. The molecule has 1 aromatic rings. The van der Waals surface area contributed by atoms with Crippen molar-refractivity contribution in [1.82, 2.24) is 0 Å². The summed E-state index contributed by atoms with van der Waals surface area (Å²) in [6, 6.07) is 9.02. The third-order valence-corrected chi connectivity index (χ3v) is 2.29. The zero-order valence-electron chi connectivity index (χ0n) is 11.2. The van der Waals surface area contributed by atoms with E-state index in [2.05, 4.69) is 52.0 Å². The second kappa shape index (κ2) is 7.50. The Morgan fingerprint density at radius 3 is 1.67 bits per heavy atom. The molecule has 0 unspecified atom stereocenters. The second-order valence-corrected chi connectivity index (χ2v) is 4.49. The highest BCUT2D eigenvalue weighted by molar-refractivity contribution is 5.24. The van der Waals surface area contributed by atoms with Crippen LogP contribution in [0.4, 0.5) is 0 Å². The van der Waals surface area contributed by atoms with Crippen LogP contribution in [0.25, 0.3) is 0 Å². The molecule has 1 aromatic carbocycles. The summed E-state index contributed by atoms with van der Waals surface area (Å²) < 4.78 is 0. The first-order chi connectivity index (χ1) is 7.09. The molecule has 0 heteroatoms.